The molecule has 0 aliphatic carbocycles. The molecule has 0 spiro atoms. The lowest BCUT2D eigenvalue weighted by atomic mass is 9.78. The molecule has 0 amide bonds. The molecule has 4 heteroatoms. The van der Waals surface area contributed by atoms with Crippen LogP contribution in [0.25, 0.3) is 0 Å². The van der Waals surface area contributed by atoms with Crippen molar-refractivity contribution in [2.75, 3.05) is 18.0 Å². The molecule has 3 nitrogen and oxygen atoms in total. The SMILES string of the molecule is CCC1(C)CCN(c2cc(Br)ccc2C(=O)O)CC1. The van der Waals surface area contributed by atoms with E-state index in [-0.39, 0.29) is 0 Å². The molecule has 0 bridgehead atoms. The van der Waals surface area contributed by atoms with Gasteiger partial charge in [0, 0.05) is 17.6 Å². The Kier molecular flexibility index (Phi) is 4.19. The number of carboxylic acids is 1. The first kappa shape index (κ1) is 14.4. The smallest absolute Gasteiger partial charge is 0.337 e. The molecule has 1 heterocycles. The maximum absolute atomic E-state index is 11.3. The summed E-state index contributed by atoms with van der Waals surface area (Å²) in [5.74, 6) is -0.855. The van der Waals surface area contributed by atoms with Gasteiger partial charge in [0.15, 0.2) is 0 Å². The molecule has 1 aliphatic rings. The summed E-state index contributed by atoms with van der Waals surface area (Å²) in [6.45, 7) is 6.42. The van der Waals surface area contributed by atoms with Crippen LogP contribution in [-0.2, 0) is 0 Å². The average molecular weight is 326 g/mol. The molecule has 0 atom stereocenters. The summed E-state index contributed by atoms with van der Waals surface area (Å²) in [6.07, 6.45) is 3.43. The molecule has 1 fully saturated rings. The summed E-state index contributed by atoms with van der Waals surface area (Å²) in [4.78, 5) is 13.5. The minimum absolute atomic E-state index is 0.392. The van der Waals surface area contributed by atoms with E-state index >= 15 is 0 Å². The highest BCUT2D eigenvalue weighted by Gasteiger charge is 2.29. The molecule has 2 rings (SSSR count). The second-order valence-electron chi connectivity index (χ2n) is 5.62. The van der Waals surface area contributed by atoms with Crippen LogP contribution in [0.15, 0.2) is 22.7 Å². The Morgan fingerprint density at radius 1 is 1.42 bits per heavy atom. The molecule has 0 aromatic heterocycles. The minimum Gasteiger partial charge on any atom is -0.478 e. The molecule has 0 saturated carbocycles. The number of nitrogens with zero attached hydrogens (tertiary/aromatic N) is 1. The number of rotatable bonds is 3. The van der Waals surface area contributed by atoms with Gasteiger partial charge in [-0.15, -0.1) is 0 Å². The molecule has 1 aromatic carbocycles. The van der Waals surface area contributed by atoms with Crippen molar-refractivity contribution in [2.24, 2.45) is 5.41 Å². The fourth-order valence-electron chi connectivity index (χ4n) is 2.59. The van der Waals surface area contributed by atoms with Crippen molar-refractivity contribution < 1.29 is 9.90 Å². The van der Waals surface area contributed by atoms with Gasteiger partial charge in [0.05, 0.1) is 11.3 Å². The van der Waals surface area contributed by atoms with E-state index in [9.17, 15) is 9.90 Å². The Labute approximate surface area is 122 Å². The molecule has 1 saturated heterocycles. The summed E-state index contributed by atoms with van der Waals surface area (Å²) >= 11 is 3.43. The van der Waals surface area contributed by atoms with Gasteiger partial charge in [0.25, 0.3) is 0 Å². The van der Waals surface area contributed by atoms with Crippen LogP contribution in [-0.4, -0.2) is 24.2 Å². The third-order valence-corrected chi connectivity index (χ3v) is 4.85. The molecular formula is C15H20BrNO2. The van der Waals surface area contributed by atoms with Gasteiger partial charge in [-0.3, -0.25) is 0 Å². The lowest BCUT2D eigenvalue weighted by Crippen LogP contribution is -2.39. The first-order valence-corrected chi connectivity index (χ1v) is 7.52. The van der Waals surface area contributed by atoms with Gasteiger partial charge in [-0.25, -0.2) is 4.79 Å². The summed E-state index contributed by atoms with van der Waals surface area (Å²) in [7, 11) is 0. The standard InChI is InChI=1S/C15H20BrNO2/c1-3-15(2)6-8-17(9-7-15)13-10-11(16)4-5-12(13)14(18)19/h4-5,10H,3,6-9H2,1-2H3,(H,18,19). The van der Waals surface area contributed by atoms with E-state index in [4.69, 9.17) is 0 Å². The molecule has 1 N–H and O–H groups in total. The van der Waals surface area contributed by atoms with Crippen LogP contribution in [0.5, 0.6) is 0 Å². The van der Waals surface area contributed by atoms with Gasteiger partial charge in [-0.1, -0.05) is 36.2 Å². The molecule has 0 unspecified atom stereocenters. The predicted octanol–water partition coefficient (Wildman–Crippen LogP) is 4.16. The number of halogens is 1. The van der Waals surface area contributed by atoms with Gasteiger partial charge in [0.2, 0.25) is 0 Å². The van der Waals surface area contributed by atoms with E-state index in [1.54, 1.807) is 12.1 Å². The number of carbonyl (C=O) groups is 1. The van der Waals surface area contributed by atoms with Gasteiger partial charge >= 0.3 is 5.97 Å². The molecule has 1 aliphatic heterocycles. The maximum Gasteiger partial charge on any atom is 0.337 e. The summed E-state index contributed by atoms with van der Waals surface area (Å²) < 4.78 is 0.927. The molecule has 104 valence electrons. The van der Waals surface area contributed by atoms with Crippen LogP contribution in [0.2, 0.25) is 0 Å². The van der Waals surface area contributed by atoms with Crippen LogP contribution < -0.4 is 4.90 Å². The third kappa shape index (κ3) is 3.11. The van der Waals surface area contributed by atoms with E-state index in [1.807, 2.05) is 6.07 Å². The zero-order valence-corrected chi connectivity index (χ0v) is 13.0. The largest absolute Gasteiger partial charge is 0.478 e. The van der Waals surface area contributed by atoms with Crippen molar-refractivity contribution >= 4 is 27.6 Å². The zero-order valence-electron chi connectivity index (χ0n) is 11.4. The third-order valence-electron chi connectivity index (χ3n) is 4.35. The Bertz CT molecular complexity index is 479. The molecule has 0 radical (unpaired) electrons. The van der Waals surface area contributed by atoms with Crippen molar-refractivity contribution in [1.29, 1.82) is 0 Å². The van der Waals surface area contributed by atoms with Crippen molar-refractivity contribution in [1.82, 2.24) is 0 Å². The number of hydrogen-bond acceptors (Lipinski definition) is 2. The number of hydrogen-bond donors (Lipinski definition) is 1. The second kappa shape index (κ2) is 5.53. The van der Waals surface area contributed by atoms with Crippen molar-refractivity contribution in [2.45, 2.75) is 33.1 Å². The van der Waals surface area contributed by atoms with Crippen LogP contribution in [0.1, 0.15) is 43.5 Å². The van der Waals surface area contributed by atoms with Crippen molar-refractivity contribution in [3.05, 3.63) is 28.2 Å². The fourth-order valence-corrected chi connectivity index (χ4v) is 2.94. The second-order valence-corrected chi connectivity index (χ2v) is 6.53. The van der Waals surface area contributed by atoms with Crippen LogP contribution in [0, 0.1) is 5.41 Å². The Morgan fingerprint density at radius 2 is 2.05 bits per heavy atom. The van der Waals surface area contributed by atoms with Gasteiger partial charge in [-0.05, 0) is 36.5 Å². The predicted molar refractivity (Wildman–Crippen MR) is 80.9 cm³/mol. The van der Waals surface area contributed by atoms with Crippen molar-refractivity contribution in [3.8, 4) is 0 Å². The quantitative estimate of drug-likeness (QED) is 0.906. The van der Waals surface area contributed by atoms with Gasteiger partial charge < -0.3 is 10.0 Å². The summed E-state index contributed by atoms with van der Waals surface area (Å²) in [5, 5.41) is 9.29. The first-order chi connectivity index (χ1) is 8.95. The molecule has 19 heavy (non-hydrogen) atoms. The first-order valence-electron chi connectivity index (χ1n) is 6.73. The summed E-state index contributed by atoms with van der Waals surface area (Å²) in [5.41, 5.74) is 1.63. The molecule has 1 aromatic rings. The highest BCUT2D eigenvalue weighted by molar-refractivity contribution is 9.10. The minimum atomic E-state index is -0.855. The van der Waals surface area contributed by atoms with Gasteiger partial charge in [0.1, 0.15) is 0 Å². The average Bonchev–Trinajstić information content (AvgIpc) is 2.39. The zero-order chi connectivity index (χ0) is 14.0. The molecular weight excluding hydrogens is 306 g/mol. The lowest BCUT2D eigenvalue weighted by molar-refractivity contribution is 0.0697. The highest BCUT2D eigenvalue weighted by atomic mass is 79.9. The van der Waals surface area contributed by atoms with E-state index in [0.29, 0.717) is 11.0 Å². The van der Waals surface area contributed by atoms with Crippen LogP contribution in [0.3, 0.4) is 0 Å². The summed E-state index contributed by atoms with van der Waals surface area (Å²) in [6, 6.07) is 5.38. The van der Waals surface area contributed by atoms with E-state index in [0.717, 1.165) is 36.1 Å². The Balaban J connectivity index is 2.24. The fraction of sp³-hybridized carbons (Fsp3) is 0.533. The Hall–Kier alpha value is -1.03. The van der Waals surface area contributed by atoms with E-state index in [1.165, 1.54) is 6.42 Å². The highest BCUT2D eigenvalue weighted by Crippen LogP contribution is 2.37. The van der Waals surface area contributed by atoms with E-state index in [2.05, 4.69) is 34.7 Å². The lowest BCUT2D eigenvalue weighted by Gasteiger charge is -2.40. The Morgan fingerprint density at radius 3 is 2.58 bits per heavy atom. The maximum atomic E-state index is 11.3. The van der Waals surface area contributed by atoms with Crippen LogP contribution in [0.4, 0.5) is 5.69 Å². The normalized spacial score (nSPS) is 18.4. The number of benzene rings is 1. The monoisotopic (exact) mass is 325 g/mol. The van der Waals surface area contributed by atoms with Crippen LogP contribution >= 0.6 is 15.9 Å². The van der Waals surface area contributed by atoms with Gasteiger partial charge in [-0.2, -0.15) is 0 Å². The number of aromatic carboxylic acids is 1. The number of carboxylic acid groups (broad SMARTS) is 1. The van der Waals surface area contributed by atoms with Crippen molar-refractivity contribution in [3.63, 3.8) is 0 Å². The topological polar surface area (TPSA) is 40.5 Å². The van der Waals surface area contributed by atoms with E-state index < -0.39 is 5.97 Å². The number of anilines is 1. The number of piperidine rings is 1.